The average molecular weight is 469 g/mol. The van der Waals surface area contributed by atoms with Crippen molar-refractivity contribution in [3.63, 3.8) is 0 Å². The van der Waals surface area contributed by atoms with Crippen molar-refractivity contribution >= 4 is 54.1 Å². The van der Waals surface area contributed by atoms with E-state index in [1.807, 2.05) is 0 Å². The minimum absolute atomic E-state index is 0.114. The van der Waals surface area contributed by atoms with Crippen LogP contribution in [0.1, 0.15) is 19.3 Å². The molecule has 0 bridgehead atoms. The molecule has 14 heteroatoms. The summed E-state index contributed by atoms with van der Waals surface area (Å²) in [6, 6.07) is -4.95. The van der Waals surface area contributed by atoms with Crippen LogP contribution in [0.2, 0.25) is 0 Å². The number of amides is 3. The van der Waals surface area contributed by atoms with Crippen molar-refractivity contribution in [3.8, 4) is 0 Å². The van der Waals surface area contributed by atoms with E-state index in [-0.39, 0.29) is 25.0 Å². The number of aliphatic hydroxyl groups is 1. The molecule has 0 aromatic carbocycles. The number of carbonyl (C=O) groups excluding carboxylic acids is 3. The molecule has 172 valence electrons. The fourth-order valence-electron chi connectivity index (χ4n) is 2.12. The second-order valence-electron chi connectivity index (χ2n) is 6.21. The topological polar surface area (TPSA) is 208 Å². The smallest absolute Gasteiger partial charge is 0.328 e. The fraction of sp³-hybridized carbons (Fsp3) is 0.688. The summed E-state index contributed by atoms with van der Waals surface area (Å²) in [7, 11) is 0. The first-order chi connectivity index (χ1) is 14.1. The highest BCUT2D eigenvalue weighted by Crippen LogP contribution is 2.04. The van der Waals surface area contributed by atoms with E-state index in [0.29, 0.717) is 5.75 Å². The van der Waals surface area contributed by atoms with Crippen LogP contribution < -0.4 is 21.7 Å². The molecule has 30 heavy (non-hydrogen) atoms. The van der Waals surface area contributed by atoms with Crippen LogP contribution in [0, 0.1) is 0 Å². The van der Waals surface area contributed by atoms with E-state index < -0.39 is 60.4 Å². The van der Waals surface area contributed by atoms with Crippen molar-refractivity contribution in [3.05, 3.63) is 0 Å². The van der Waals surface area contributed by atoms with Gasteiger partial charge in [-0.2, -0.15) is 24.4 Å². The van der Waals surface area contributed by atoms with Crippen LogP contribution in [0.15, 0.2) is 0 Å². The quantitative estimate of drug-likeness (QED) is 0.117. The zero-order valence-corrected chi connectivity index (χ0v) is 18.1. The SMILES string of the molecule is CSCCC(NC(=O)C(N)CCC(=O)O)C(=O)NC(CS)C(=O)NC(CO)C(=O)O. The molecular weight excluding hydrogens is 440 g/mol. The Bertz CT molecular complexity index is 622. The maximum absolute atomic E-state index is 12.6. The summed E-state index contributed by atoms with van der Waals surface area (Å²) >= 11 is 5.38. The Morgan fingerprint density at radius 3 is 1.93 bits per heavy atom. The second kappa shape index (κ2) is 14.9. The Hall–Kier alpha value is -2.03. The van der Waals surface area contributed by atoms with Crippen LogP contribution in [0.5, 0.6) is 0 Å². The third-order valence-corrected chi connectivity index (χ3v) is 4.87. The number of nitrogens with two attached hydrogens (primary N) is 1. The Morgan fingerprint density at radius 2 is 1.47 bits per heavy atom. The van der Waals surface area contributed by atoms with Gasteiger partial charge in [-0.3, -0.25) is 19.2 Å². The van der Waals surface area contributed by atoms with Gasteiger partial charge in [0.15, 0.2) is 0 Å². The molecule has 12 nitrogen and oxygen atoms in total. The summed E-state index contributed by atoms with van der Waals surface area (Å²) in [6.45, 7) is -0.838. The van der Waals surface area contributed by atoms with Crippen LogP contribution in [-0.2, 0) is 24.0 Å². The molecule has 0 saturated carbocycles. The number of carbonyl (C=O) groups is 5. The summed E-state index contributed by atoms with van der Waals surface area (Å²) in [4.78, 5) is 58.5. The Morgan fingerprint density at radius 1 is 0.933 bits per heavy atom. The number of thiol groups is 1. The summed E-state index contributed by atoms with van der Waals surface area (Å²) in [6.07, 6.45) is 1.57. The maximum atomic E-state index is 12.6. The Labute approximate surface area is 183 Å². The van der Waals surface area contributed by atoms with Crippen molar-refractivity contribution < 1.29 is 39.3 Å². The Balaban J connectivity index is 5.09. The van der Waals surface area contributed by atoms with Gasteiger partial charge in [0.05, 0.1) is 12.6 Å². The van der Waals surface area contributed by atoms with E-state index in [4.69, 9.17) is 21.1 Å². The van der Waals surface area contributed by atoms with Gasteiger partial charge in [-0.1, -0.05) is 0 Å². The lowest BCUT2D eigenvalue weighted by Crippen LogP contribution is -2.58. The molecular formula is C16H28N4O8S2. The van der Waals surface area contributed by atoms with E-state index in [9.17, 15) is 24.0 Å². The van der Waals surface area contributed by atoms with Crippen molar-refractivity contribution in [2.75, 3.05) is 24.4 Å². The zero-order chi connectivity index (χ0) is 23.3. The molecule has 0 rings (SSSR count). The summed E-state index contributed by atoms with van der Waals surface area (Å²) in [5.41, 5.74) is 5.65. The van der Waals surface area contributed by atoms with Gasteiger partial charge in [0.2, 0.25) is 17.7 Å². The minimum Gasteiger partial charge on any atom is -0.481 e. The molecule has 0 fully saturated rings. The highest BCUT2D eigenvalue weighted by Gasteiger charge is 2.29. The number of aliphatic hydroxyl groups excluding tert-OH is 1. The van der Waals surface area contributed by atoms with Gasteiger partial charge in [-0.05, 0) is 24.9 Å². The minimum atomic E-state index is -1.55. The molecule has 0 spiro atoms. The van der Waals surface area contributed by atoms with E-state index in [0.717, 1.165) is 0 Å². The number of nitrogens with one attached hydrogen (secondary N) is 3. The first-order valence-corrected chi connectivity index (χ1v) is 10.9. The summed E-state index contributed by atoms with van der Waals surface area (Å²) in [5.74, 6) is -4.53. The fourth-order valence-corrected chi connectivity index (χ4v) is 2.85. The molecule has 0 saturated heterocycles. The van der Waals surface area contributed by atoms with Gasteiger partial charge >= 0.3 is 11.9 Å². The largest absolute Gasteiger partial charge is 0.481 e. The summed E-state index contributed by atoms with van der Waals surface area (Å²) < 4.78 is 0. The van der Waals surface area contributed by atoms with Gasteiger partial charge < -0.3 is 37.0 Å². The van der Waals surface area contributed by atoms with E-state index in [1.165, 1.54) is 11.8 Å². The van der Waals surface area contributed by atoms with Crippen LogP contribution >= 0.6 is 24.4 Å². The number of carboxylic acid groups (broad SMARTS) is 2. The monoisotopic (exact) mass is 468 g/mol. The first-order valence-electron chi connectivity index (χ1n) is 8.89. The molecule has 4 unspecified atom stereocenters. The molecule has 3 amide bonds. The predicted molar refractivity (Wildman–Crippen MR) is 112 cm³/mol. The van der Waals surface area contributed by atoms with E-state index in [1.54, 1.807) is 6.26 Å². The van der Waals surface area contributed by atoms with Gasteiger partial charge in [0.25, 0.3) is 0 Å². The van der Waals surface area contributed by atoms with Crippen molar-refractivity contribution in [2.24, 2.45) is 5.73 Å². The number of thioether (sulfide) groups is 1. The number of hydrogen-bond donors (Lipinski definition) is 8. The zero-order valence-electron chi connectivity index (χ0n) is 16.4. The van der Waals surface area contributed by atoms with Crippen LogP contribution in [-0.4, -0.2) is 93.5 Å². The Kier molecular flexibility index (Phi) is 13.9. The molecule has 0 aliphatic rings. The lowest BCUT2D eigenvalue weighted by Gasteiger charge is -2.24. The molecule has 0 aromatic heterocycles. The van der Waals surface area contributed by atoms with Gasteiger partial charge in [-0.25, -0.2) is 4.79 Å². The predicted octanol–water partition coefficient (Wildman–Crippen LogP) is -2.61. The summed E-state index contributed by atoms with van der Waals surface area (Å²) in [5, 5.41) is 33.5. The molecule has 0 aliphatic heterocycles. The van der Waals surface area contributed by atoms with Crippen molar-refractivity contribution in [1.29, 1.82) is 0 Å². The third kappa shape index (κ3) is 10.7. The average Bonchev–Trinajstić information content (AvgIpc) is 2.70. The number of carboxylic acids is 2. The molecule has 0 heterocycles. The van der Waals surface area contributed by atoms with Gasteiger partial charge in [-0.15, -0.1) is 0 Å². The lowest BCUT2D eigenvalue weighted by atomic mass is 10.1. The van der Waals surface area contributed by atoms with Crippen LogP contribution in [0.3, 0.4) is 0 Å². The van der Waals surface area contributed by atoms with Crippen LogP contribution in [0.25, 0.3) is 0 Å². The highest BCUT2D eigenvalue weighted by atomic mass is 32.2. The standard InChI is InChI=1S/C16H28N4O8S2/c1-30-5-4-9(18-13(24)8(17)2-3-12(22)23)14(25)20-11(7-29)15(26)19-10(6-21)16(27)28/h8-11,21,29H,2-7,17H2,1H3,(H,18,24)(H,19,26)(H,20,25)(H,22,23)(H,27,28). The van der Waals surface area contributed by atoms with E-state index >= 15 is 0 Å². The molecule has 8 N–H and O–H groups in total. The van der Waals surface area contributed by atoms with Gasteiger partial charge in [0.1, 0.15) is 18.1 Å². The van der Waals surface area contributed by atoms with Crippen molar-refractivity contribution in [1.82, 2.24) is 16.0 Å². The molecule has 0 aliphatic carbocycles. The second-order valence-corrected chi connectivity index (χ2v) is 7.56. The number of rotatable bonds is 15. The molecule has 4 atom stereocenters. The van der Waals surface area contributed by atoms with E-state index in [2.05, 4.69) is 28.6 Å². The normalized spacial score (nSPS) is 14.7. The number of hydrogen-bond acceptors (Lipinski definition) is 9. The maximum Gasteiger partial charge on any atom is 0.328 e. The molecule has 0 aromatic rings. The van der Waals surface area contributed by atoms with Crippen molar-refractivity contribution in [2.45, 2.75) is 43.4 Å². The molecule has 0 radical (unpaired) electrons. The highest BCUT2D eigenvalue weighted by molar-refractivity contribution is 7.98. The number of aliphatic carboxylic acids is 2. The first kappa shape index (κ1) is 28.0. The third-order valence-electron chi connectivity index (χ3n) is 3.86. The van der Waals surface area contributed by atoms with Gasteiger partial charge in [0, 0.05) is 12.2 Å². The lowest BCUT2D eigenvalue weighted by molar-refractivity contribution is -0.143. The van der Waals surface area contributed by atoms with Crippen LogP contribution in [0.4, 0.5) is 0 Å².